The molecule has 1 atom stereocenters. The van der Waals surface area contributed by atoms with E-state index in [1.807, 2.05) is 36.4 Å². The van der Waals surface area contributed by atoms with Crippen molar-refractivity contribution in [3.63, 3.8) is 0 Å². The lowest BCUT2D eigenvalue weighted by atomic mass is 10.1. The number of anilines is 1. The van der Waals surface area contributed by atoms with E-state index in [9.17, 15) is 5.11 Å². The van der Waals surface area contributed by atoms with Gasteiger partial charge in [0.2, 0.25) is 0 Å². The van der Waals surface area contributed by atoms with Gasteiger partial charge in [-0.05, 0) is 30.2 Å². The van der Waals surface area contributed by atoms with Gasteiger partial charge in [-0.15, -0.1) is 0 Å². The number of aliphatic hydroxyl groups is 1. The van der Waals surface area contributed by atoms with Crippen molar-refractivity contribution in [3.05, 3.63) is 58.6 Å². The molecular weight excluding hydrogens is 314 g/mol. The molecule has 0 amide bonds. The molecule has 0 aliphatic heterocycles. The third-order valence-electron chi connectivity index (χ3n) is 3.51. The van der Waals surface area contributed by atoms with Gasteiger partial charge in [-0.3, -0.25) is 0 Å². The average Bonchev–Trinajstić information content (AvgIpc) is 2.57. The molecule has 0 aliphatic carbocycles. The first-order chi connectivity index (χ1) is 11.2. The number of benzene rings is 2. The van der Waals surface area contributed by atoms with Crippen molar-refractivity contribution >= 4 is 17.3 Å². The number of hydrogen-bond acceptors (Lipinski definition) is 4. The Bertz CT molecular complexity index is 633. The molecule has 0 radical (unpaired) electrons. The molecule has 0 bridgehead atoms. The molecule has 2 N–H and O–H groups in total. The Morgan fingerprint density at radius 1 is 1.17 bits per heavy atom. The zero-order valence-electron chi connectivity index (χ0n) is 13.4. The fraction of sp³-hybridized carbons (Fsp3) is 0.333. The largest absolute Gasteiger partial charge is 0.487 e. The van der Waals surface area contributed by atoms with Crippen molar-refractivity contribution in [2.45, 2.75) is 19.6 Å². The third kappa shape index (κ3) is 4.86. The van der Waals surface area contributed by atoms with Gasteiger partial charge in [0, 0.05) is 13.2 Å². The molecule has 0 aliphatic rings. The van der Waals surface area contributed by atoms with Gasteiger partial charge in [-0.1, -0.05) is 41.9 Å². The van der Waals surface area contributed by atoms with Crippen LogP contribution in [0.15, 0.2) is 42.5 Å². The van der Waals surface area contributed by atoms with E-state index in [-0.39, 0.29) is 12.6 Å². The van der Waals surface area contributed by atoms with Crippen molar-refractivity contribution in [2.24, 2.45) is 0 Å². The van der Waals surface area contributed by atoms with E-state index >= 15 is 0 Å². The van der Waals surface area contributed by atoms with Crippen molar-refractivity contribution in [1.82, 2.24) is 0 Å². The van der Waals surface area contributed by atoms with Gasteiger partial charge in [0.15, 0.2) is 5.75 Å². The number of hydrogen-bond donors (Lipinski definition) is 2. The minimum Gasteiger partial charge on any atom is -0.487 e. The highest BCUT2D eigenvalue weighted by atomic mass is 35.5. The molecule has 0 fully saturated rings. The SMILES string of the molecule is COCCOc1c(Cl)cccc1NC(C)c1cccc(CO)c1. The second-order valence-electron chi connectivity index (χ2n) is 5.23. The Morgan fingerprint density at radius 3 is 2.70 bits per heavy atom. The minimum atomic E-state index is 0.0309. The lowest BCUT2D eigenvalue weighted by molar-refractivity contribution is 0.146. The molecule has 2 aromatic rings. The summed E-state index contributed by atoms with van der Waals surface area (Å²) in [4.78, 5) is 0. The molecule has 2 aromatic carbocycles. The number of ether oxygens (including phenoxy) is 2. The summed E-state index contributed by atoms with van der Waals surface area (Å²) in [7, 11) is 1.63. The van der Waals surface area contributed by atoms with E-state index in [1.54, 1.807) is 13.2 Å². The standard InChI is InChI=1S/C18H22ClNO3/c1-13(15-6-3-5-14(11-15)12-21)20-17-8-4-7-16(19)18(17)23-10-9-22-2/h3-8,11,13,20-21H,9-10,12H2,1-2H3. The number of para-hydroxylation sites is 1. The second kappa shape index (κ2) is 8.77. The summed E-state index contributed by atoms with van der Waals surface area (Å²) < 4.78 is 10.7. The molecule has 0 heterocycles. The third-order valence-corrected chi connectivity index (χ3v) is 3.80. The Balaban J connectivity index is 2.16. The normalized spacial score (nSPS) is 12.0. The summed E-state index contributed by atoms with van der Waals surface area (Å²) in [5.74, 6) is 0.622. The maximum Gasteiger partial charge on any atom is 0.161 e. The van der Waals surface area contributed by atoms with Crippen LogP contribution in [0.25, 0.3) is 0 Å². The Kier molecular flexibility index (Phi) is 6.71. The predicted molar refractivity (Wildman–Crippen MR) is 93.2 cm³/mol. The van der Waals surface area contributed by atoms with Gasteiger partial charge in [0.25, 0.3) is 0 Å². The first-order valence-corrected chi connectivity index (χ1v) is 7.90. The van der Waals surface area contributed by atoms with Crippen LogP contribution >= 0.6 is 11.6 Å². The molecule has 0 aromatic heterocycles. The van der Waals surface area contributed by atoms with Crippen LogP contribution < -0.4 is 10.1 Å². The molecule has 5 heteroatoms. The monoisotopic (exact) mass is 335 g/mol. The summed E-state index contributed by atoms with van der Waals surface area (Å²) in [6, 6.07) is 13.5. The molecule has 124 valence electrons. The van der Waals surface area contributed by atoms with Gasteiger partial charge in [0.1, 0.15) is 6.61 Å². The molecule has 0 saturated carbocycles. The van der Waals surface area contributed by atoms with Crippen LogP contribution in [-0.4, -0.2) is 25.4 Å². The van der Waals surface area contributed by atoms with Crippen LogP contribution in [0.5, 0.6) is 5.75 Å². The van der Waals surface area contributed by atoms with E-state index in [1.165, 1.54) is 0 Å². The highest BCUT2D eigenvalue weighted by molar-refractivity contribution is 6.32. The molecule has 0 saturated heterocycles. The molecule has 1 unspecified atom stereocenters. The number of nitrogens with one attached hydrogen (secondary N) is 1. The maximum atomic E-state index is 9.26. The van der Waals surface area contributed by atoms with Crippen molar-refractivity contribution in [1.29, 1.82) is 0 Å². The van der Waals surface area contributed by atoms with Gasteiger partial charge < -0.3 is 19.9 Å². The summed E-state index contributed by atoms with van der Waals surface area (Å²) in [6.07, 6.45) is 0. The minimum absolute atomic E-state index is 0.0309. The smallest absolute Gasteiger partial charge is 0.161 e. The molecule has 2 rings (SSSR count). The average molecular weight is 336 g/mol. The molecule has 0 spiro atoms. The number of aliphatic hydroxyl groups excluding tert-OH is 1. The molecule has 23 heavy (non-hydrogen) atoms. The quantitative estimate of drug-likeness (QED) is 0.715. The zero-order chi connectivity index (χ0) is 16.7. The van der Waals surface area contributed by atoms with Gasteiger partial charge in [-0.2, -0.15) is 0 Å². The van der Waals surface area contributed by atoms with E-state index in [0.717, 1.165) is 16.8 Å². The Morgan fingerprint density at radius 2 is 1.96 bits per heavy atom. The highest BCUT2D eigenvalue weighted by Crippen LogP contribution is 2.35. The second-order valence-corrected chi connectivity index (χ2v) is 5.63. The fourth-order valence-electron chi connectivity index (χ4n) is 2.27. The van der Waals surface area contributed by atoms with Crippen LogP contribution in [0.3, 0.4) is 0 Å². The number of halogens is 1. The van der Waals surface area contributed by atoms with Crippen molar-refractivity contribution in [2.75, 3.05) is 25.6 Å². The maximum absolute atomic E-state index is 9.26. The summed E-state index contributed by atoms with van der Waals surface area (Å²) in [5.41, 5.74) is 2.80. The van der Waals surface area contributed by atoms with Gasteiger partial charge in [0.05, 0.1) is 23.9 Å². The summed E-state index contributed by atoms with van der Waals surface area (Å²) >= 11 is 6.25. The highest BCUT2D eigenvalue weighted by Gasteiger charge is 2.12. The van der Waals surface area contributed by atoms with Crippen LogP contribution in [0.1, 0.15) is 24.1 Å². The zero-order valence-corrected chi connectivity index (χ0v) is 14.1. The molecule has 4 nitrogen and oxygen atoms in total. The van der Waals surface area contributed by atoms with Crippen LogP contribution in [0.4, 0.5) is 5.69 Å². The van der Waals surface area contributed by atoms with Crippen LogP contribution in [0.2, 0.25) is 5.02 Å². The topological polar surface area (TPSA) is 50.7 Å². The summed E-state index contributed by atoms with van der Waals surface area (Å²) in [5, 5.41) is 13.2. The van der Waals surface area contributed by atoms with E-state index < -0.39 is 0 Å². The van der Waals surface area contributed by atoms with Gasteiger partial charge >= 0.3 is 0 Å². The molecular formula is C18H22ClNO3. The van der Waals surface area contributed by atoms with E-state index in [0.29, 0.717) is 24.0 Å². The first kappa shape index (κ1) is 17.6. The van der Waals surface area contributed by atoms with Crippen molar-refractivity contribution < 1.29 is 14.6 Å². The van der Waals surface area contributed by atoms with E-state index in [4.69, 9.17) is 21.1 Å². The summed E-state index contributed by atoms with van der Waals surface area (Å²) in [6.45, 7) is 3.02. The predicted octanol–water partition coefficient (Wildman–Crippen LogP) is 4.03. The van der Waals surface area contributed by atoms with Crippen LogP contribution in [-0.2, 0) is 11.3 Å². The van der Waals surface area contributed by atoms with Crippen LogP contribution in [0, 0.1) is 0 Å². The Hall–Kier alpha value is -1.75. The van der Waals surface area contributed by atoms with Gasteiger partial charge in [-0.25, -0.2) is 0 Å². The lowest BCUT2D eigenvalue weighted by Gasteiger charge is -2.20. The number of rotatable bonds is 8. The van der Waals surface area contributed by atoms with Crippen molar-refractivity contribution in [3.8, 4) is 5.75 Å². The number of methoxy groups -OCH3 is 1. The Labute approximate surface area is 142 Å². The first-order valence-electron chi connectivity index (χ1n) is 7.52. The van der Waals surface area contributed by atoms with E-state index in [2.05, 4.69) is 12.2 Å². The fourth-order valence-corrected chi connectivity index (χ4v) is 2.50. The lowest BCUT2D eigenvalue weighted by Crippen LogP contribution is -2.10.